The van der Waals surface area contributed by atoms with Crippen LogP contribution in [0.4, 0.5) is 11.4 Å². The summed E-state index contributed by atoms with van der Waals surface area (Å²) in [5.41, 5.74) is 2.10. The molecule has 0 saturated carbocycles. The highest BCUT2D eigenvalue weighted by Gasteiger charge is 2.23. The lowest BCUT2D eigenvalue weighted by atomic mass is 10.00. The van der Waals surface area contributed by atoms with Gasteiger partial charge in [-0.1, -0.05) is 6.92 Å². The maximum atomic E-state index is 12.0. The van der Waals surface area contributed by atoms with Gasteiger partial charge < -0.3 is 15.0 Å². The topological polar surface area (TPSA) is 41.6 Å². The van der Waals surface area contributed by atoms with E-state index in [1.54, 1.807) is 0 Å². The molecule has 1 aromatic rings. The van der Waals surface area contributed by atoms with Crippen LogP contribution in [0.1, 0.15) is 32.6 Å². The molecule has 2 atom stereocenters. The largest absolute Gasteiger partial charge is 0.371 e. The van der Waals surface area contributed by atoms with E-state index < -0.39 is 0 Å². The number of amides is 1. The van der Waals surface area contributed by atoms with E-state index in [0.29, 0.717) is 6.61 Å². The number of nitrogens with one attached hydrogen (secondary N) is 1. The molecule has 0 spiro atoms. The number of rotatable bonds is 3. The highest BCUT2D eigenvalue weighted by Crippen LogP contribution is 2.24. The molecule has 2 saturated heterocycles. The minimum atomic E-state index is -0.271. The third-order valence-electron chi connectivity index (χ3n) is 4.38. The molecule has 2 aliphatic heterocycles. The molecule has 1 aromatic carbocycles. The maximum Gasteiger partial charge on any atom is 0.253 e. The van der Waals surface area contributed by atoms with Gasteiger partial charge in [-0.2, -0.15) is 0 Å². The van der Waals surface area contributed by atoms with E-state index >= 15 is 0 Å². The smallest absolute Gasteiger partial charge is 0.253 e. The monoisotopic (exact) mass is 288 g/mol. The number of anilines is 2. The van der Waals surface area contributed by atoms with Crippen molar-refractivity contribution in [2.24, 2.45) is 5.92 Å². The first-order valence-electron chi connectivity index (χ1n) is 8.00. The van der Waals surface area contributed by atoms with Crippen molar-refractivity contribution in [3.63, 3.8) is 0 Å². The van der Waals surface area contributed by atoms with Crippen LogP contribution in [0.2, 0.25) is 0 Å². The Balaban J connectivity index is 1.59. The Labute approximate surface area is 126 Å². The zero-order chi connectivity index (χ0) is 14.7. The van der Waals surface area contributed by atoms with Crippen molar-refractivity contribution in [3.05, 3.63) is 24.3 Å². The Hall–Kier alpha value is -1.55. The average molecular weight is 288 g/mol. The lowest BCUT2D eigenvalue weighted by molar-refractivity contribution is -0.124. The van der Waals surface area contributed by atoms with Crippen molar-refractivity contribution in [3.8, 4) is 0 Å². The molecule has 3 rings (SSSR count). The second kappa shape index (κ2) is 6.48. The molecular formula is C17H24N2O2. The van der Waals surface area contributed by atoms with E-state index in [4.69, 9.17) is 4.74 Å². The van der Waals surface area contributed by atoms with Crippen molar-refractivity contribution >= 4 is 17.3 Å². The molecule has 0 radical (unpaired) electrons. The third-order valence-corrected chi connectivity index (χ3v) is 4.38. The highest BCUT2D eigenvalue weighted by atomic mass is 16.5. The molecule has 4 nitrogen and oxygen atoms in total. The van der Waals surface area contributed by atoms with Crippen molar-refractivity contribution < 1.29 is 9.53 Å². The summed E-state index contributed by atoms with van der Waals surface area (Å²) < 4.78 is 5.40. The van der Waals surface area contributed by atoms with Gasteiger partial charge in [-0.3, -0.25) is 4.79 Å². The number of hydrogen-bond acceptors (Lipinski definition) is 3. The first kappa shape index (κ1) is 14.4. The Morgan fingerprint density at radius 1 is 1.24 bits per heavy atom. The van der Waals surface area contributed by atoms with Crippen LogP contribution >= 0.6 is 0 Å². The van der Waals surface area contributed by atoms with Gasteiger partial charge in [0.1, 0.15) is 6.10 Å². The quantitative estimate of drug-likeness (QED) is 0.929. The van der Waals surface area contributed by atoms with Crippen LogP contribution in [0, 0.1) is 5.92 Å². The summed E-state index contributed by atoms with van der Waals surface area (Å²) >= 11 is 0. The number of piperidine rings is 1. The fourth-order valence-electron chi connectivity index (χ4n) is 3.19. The molecule has 1 amide bonds. The van der Waals surface area contributed by atoms with Gasteiger partial charge in [-0.05, 0) is 55.9 Å². The van der Waals surface area contributed by atoms with E-state index in [2.05, 4.69) is 29.3 Å². The van der Waals surface area contributed by atoms with E-state index in [9.17, 15) is 4.79 Å². The number of benzene rings is 1. The molecule has 2 heterocycles. The van der Waals surface area contributed by atoms with E-state index in [1.807, 2.05) is 12.1 Å². The number of hydrogen-bond donors (Lipinski definition) is 1. The highest BCUT2D eigenvalue weighted by molar-refractivity contribution is 5.94. The lowest BCUT2D eigenvalue weighted by Gasteiger charge is -2.32. The predicted molar refractivity (Wildman–Crippen MR) is 84.7 cm³/mol. The van der Waals surface area contributed by atoms with Gasteiger partial charge in [0.15, 0.2) is 0 Å². The Morgan fingerprint density at radius 3 is 2.71 bits per heavy atom. The zero-order valence-electron chi connectivity index (χ0n) is 12.7. The van der Waals surface area contributed by atoms with E-state index in [-0.39, 0.29) is 12.0 Å². The fraction of sp³-hybridized carbons (Fsp3) is 0.588. The molecule has 0 aliphatic carbocycles. The van der Waals surface area contributed by atoms with Gasteiger partial charge in [-0.15, -0.1) is 0 Å². The van der Waals surface area contributed by atoms with Crippen LogP contribution in [-0.2, 0) is 9.53 Å². The minimum absolute atomic E-state index is 0.0214. The van der Waals surface area contributed by atoms with Gasteiger partial charge in [-0.25, -0.2) is 0 Å². The number of ether oxygens (including phenoxy) is 1. The van der Waals surface area contributed by atoms with Gasteiger partial charge in [0.2, 0.25) is 0 Å². The Bertz CT molecular complexity index is 480. The van der Waals surface area contributed by atoms with Crippen LogP contribution in [0.3, 0.4) is 0 Å². The summed E-state index contributed by atoms with van der Waals surface area (Å²) in [4.78, 5) is 14.4. The van der Waals surface area contributed by atoms with Gasteiger partial charge in [0.05, 0.1) is 0 Å². The Kier molecular flexibility index (Phi) is 4.44. The van der Waals surface area contributed by atoms with Crippen LogP contribution in [-0.4, -0.2) is 31.7 Å². The van der Waals surface area contributed by atoms with E-state index in [1.165, 1.54) is 18.5 Å². The summed E-state index contributed by atoms with van der Waals surface area (Å²) in [5.74, 6) is 0.740. The second-order valence-corrected chi connectivity index (χ2v) is 6.23. The lowest BCUT2D eigenvalue weighted by Crippen LogP contribution is -2.34. The molecular weight excluding hydrogens is 264 g/mol. The first-order chi connectivity index (χ1) is 10.2. The number of carbonyl (C=O) groups excluding carboxylic acids is 1. The van der Waals surface area contributed by atoms with Gasteiger partial charge in [0, 0.05) is 31.1 Å². The molecule has 1 N–H and O–H groups in total. The summed E-state index contributed by atoms with van der Waals surface area (Å²) in [6, 6.07) is 8.18. The van der Waals surface area contributed by atoms with Gasteiger partial charge >= 0.3 is 0 Å². The van der Waals surface area contributed by atoms with Crippen LogP contribution < -0.4 is 10.2 Å². The molecule has 114 valence electrons. The molecule has 0 bridgehead atoms. The Morgan fingerprint density at radius 2 is 2.05 bits per heavy atom. The standard InChI is InChI=1S/C17H24N2O2/c1-13-4-2-10-19(12-13)15-8-6-14(7-9-15)18-17(20)16-5-3-11-21-16/h6-9,13,16H,2-5,10-12H2,1H3,(H,18,20). The van der Waals surface area contributed by atoms with Crippen LogP contribution in [0.25, 0.3) is 0 Å². The molecule has 2 unspecified atom stereocenters. The van der Waals surface area contributed by atoms with E-state index in [0.717, 1.165) is 37.5 Å². The molecule has 2 aliphatic rings. The first-order valence-corrected chi connectivity index (χ1v) is 8.00. The number of carbonyl (C=O) groups is 1. The molecule has 4 heteroatoms. The third kappa shape index (κ3) is 3.56. The molecule has 2 fully saturated rings. The van der Waals surface area contributed by atoms with Gasteiger partial charge in [0.25, 0.3) is 5.91 Å². The van der Waals surface area contributed by atoms with Crippen molar-refractivity contribution in [1.82, 2.24) is 0 Å². The predicted octanol–water partition coefficient (Wildman–Crippen LogP) is 3.04. The summed E-state index contributed by atoms with van der Waals surface area (Å²) in [6.07, 6.45) is 4.12. The van der Waals surface area contributed by atoms with Crippen LogP contribution in [0.5, 0.6) is 0 Å². The van der Waals surface area contributed by atoms with Crippen molar-refractivity contribution in [1.29, 1.82) is 0 Å². The molecule has 21 heavy (non-hydrogen) atoms. The molecule has 0 aromatic heterocycles. The fourth-order valence-corrected chi connectivity index (χ4v) is 3.19. The van der Waals surface area contributed by atoms with Crippen molar-refractivity contribution in [2.45, 2.75) is 38.7 Å². The minimum Gasteiger partial charge on any atom is -0.371 e. The average Bonchev–Trinajstić information content (AvgIpc) is 3.02. The number of nitrogens with zero attached hydrogens (tertiary/aromatic N) is 1. The summed E-state index contributed by atoms with van der Waals surface area (Å²) in [5, 5.41) is 2.94. The normalized spacial score (nSPS) is 25.9. The SMILES string of the molecule is CC1CCCN(c2ccc(NC(=O)C3CCCO3)cc2)C1. The summed E-state index contributed by atoms with van der Waals surface area (Å²) in [6.45, 7) is 5.26. The summed E-state index contributed by atoms with van der Waals surface area (Å²) in [7, 11) is 0. The maximum absolute atomic E-state index is 12.0. The van der Waals surface area contributed by atoms with Crippen molar-refractivity contribution in [2.75, 3.05) is 29.9 Å². The van der Waals surface area contributed by atoms with Crippen LogP contribution in [0.15, 0.2) is 24.3 Å². The zero-order valence-corrected chi connectivity index (χ0v) is 12.7. The second-order valence-electron chi connectivity index (χ2n) is 6.23.